The van der Waals surface area contributed by atoms with Gasteiger partial charge in [0.1, 0.15) is 11.7 Å². The Kier molecular flexibility index (Phi) is 5.87. The molecule has 0 saturated carbocycles. The molecule has 0 amide bonds. The molecular weight excluding hydrogens is 521 g/mol. The van der Waals surface area contributed by atoms with Crippen molar-refractivity contribution in [2.45, 2.75) is 45.4 Å². The maximum absolute atomic E-state index is 14.8. The minimum atomic E-state index is -1.83. The van der Waals surface area contributed by atoms with E-state index in [-0.39, 0.29) is 17.3 Å². The van der Waals surface area contributed by atoms with E-state index in [1.165, 1.54) is 11.1 Å². The Bertz CT molecular complexity index is 1680. The topological polar surface area (TPSA) is 68.7 Å². The van der Waals surface area contributed by atoms with Crippen LogP contribution in [0.5, 0.6) is 0 Å². The first-order valence-electron chi connectivity index (χ1n) is 14.0. The number of aliphatic imine (C=N–C) groups is 1. The highest BCUT2D eigenvalue weighted by Crippen LogP contribution is 2.45. The van der Waals surface area contributed by atoms with Gasteiger partial charge >= 0.3 is 0 Å². The first-order chi connectivity index (χ1) is 19.2. The van der Waals surface area contributed by atoms with Gasteiger partial charge in [-0.3, -0.25) is 4.99 Å². The van der Waals surface area contributed by atoms with Crippen LogP contribution in [0.1, 0.15) is 35.7 Å². The van der Waals surface area contributed by atoms with Gasteiger partial charge in [-0.05, 0) is 59.9 Å². The molecule has 40 heavy (non-hydrogen) atoms. The van der Waals surface area contributed by atoms with E-state index < -0.39 is 8.07 Å². The highest BCUT2D eigenvalue weighted by Gasteiger charge is 2.48. The number of piperidine rings is 1. The second kappa shape index (κ2) is 9.24. The lowest BCUT2D eigenvalue weighted by Gasteiger charge is -2.53. The average Bonchev–Trinajstić information content (AvgIpc) is 3.57. The van der Waals surface area contributed by atoms with Gasteiger partial charge in [0.15, 0.2) is 5.58 Å². The van der Waals surface area contributed by atoms with E-state index >= 15 is 0 Å². The van der Waals surface area contributed by atoms with Crippen LogP contribution in [0.15, 0.2) is 64.1 Å². The fourth-order valence-electron chi connectivity index (χ4n) is 6.46. The Morgan fingerprint density at radius 3 is 2.73 bits per heavy atom. The Morgan fingerprint density at radius 1 is 1.15 bits per heavy atom. The van der Waals surface area contributed by atoms with Crippen LogP contribution in [0.4, 0.5) is 4.39 Å². The summed E-state index contributed by atoms with van der Waals surface area (Å²) in [4.78, 5) is 11.9. The normalized spacial score (nSPS) is 21.5. The monoisotopic (exact) mass is 555 g/mol. The zero-order chi connectivity index (χ0) is 27.6. The highest BCUT2D eigenvalue weighted by atomic mass is 28.3. The summed E-state index contributed by atoms with van der Waals surface area (Å²) in [5, 5.41) is 6.00. The van der Waals surface area contributed by atoms with Crippen molar-refractivity contribution >= 4 is 36.1 Å². The summed E-state index contributed by atoms with van der Waals surface area (Å²) in [6.07, 6.45) is 9.65. The summed E-state index contributed by atoms with van der Waals surface area (Å²) < 4.78 is 28.3. The molecule has 1 spiro atoms. The molecule has 3 aliphatic rings. The molecule has 0 bridgehead atoms. The number of halogens is 1. The lowest BCUT2D eigenvalue weighted by atomic mass is 9.74. The molecule has 5 heterocycles. The number of rotatable bonds is 4. The van der Waals surface area contributed by atoms with E-state index in [9.17, 15) is 4.39 Å². The molecule has 9 heteroatoms. The van der Waals surface area contributed by atoms with Crippen LogP contribution in [-0.2, 0) is 4.74 Å². The SMILES string of the molecule is Cc1cn(-c2ccc(/C=C3\CC4(COC4)CN4C3=NCCC4c3ccc(F)c([Si](C)(C)C)c3)c3cnoc23)cn1. The zero-order valence-electron chi connectivity index (χ0n) is 23.4. The van der Waals surface area contributed by atoms with E-state index in [0.29, 0.717) is 0 Å². The number of imidazole rings is 1. The molecule has 2 aromatic heterocycles. The van der Waals surface area contributed by atoms with Crippen molar-refractivity contribution in [2.24, 2.45) is 10.4 Å². The van der Waals surface area contributed by atoms with E-state index in [2.05, 4.69) is 59.0 Å². The van der Waals surface area contributed by atoms with Crippen molar-refractivity contribution in [3.05, 3.63) is 77.3 Å². The molecule has 4 aromatic rings. The van der Waals surface area contributed by atoms with Gasteiger partial charge in [-0.15, -0.1) is 0 Å². The van der Waals surface area contributed by atoms with Crippen LogP contribution in [0, 0.1) is 18.2 Å². The van der Waals surface area contributed by atoms with Crippen LogP contribution in [0.3, 0.4) is 0 Å². The van der Waals surface area contributed by atoms with Crippen molar-refractivity contribution in [3.8, 4) is 5.69 Å². The number of hydrogen-bond acceptors (Lipinski definition) is 6. The predicted molar refractivity (Wildman–Crippen MR) is 157 cm³/mol. The van der Waals surface area contributed by atoms with Crippen molar-refractivity contribution in [2.75, 3.05) is 26.3 Å². The van der Waals surface area contributed by atoms with E-state index in [0.717, 1.165) is 78.1 Å². The molecule has 1 atom stereocenters. The second-order valence-electron chi connectivity index (χ2n) is 12.6. The van der Waals surface area contributed by atoms with E-state index in [1.807, 2.05) is 23.8 Å². The number of aromatic nitrogens is 3. The smallest absolute Gasteiger partial charge is 0.191 e. The molecule has 0 N–H and O–H groups in total. The maximum Gasteiger partial charge on any atom is 0.191 e. The average molecular weight is 556 g/mol. The van der Waals surface area contributed by atoms with Gasteiger partial charge < -0.3 is 18.7 Å². The summed E-state index contributed by atoms with van der Waals surface area (Å²) in [6, 6.07) is 10.1. The third kappa shape index (κ3) is 4.23. The Hall–Kier alpha value is -3.56. The Labute approximate surface area is 234 Å². The summed E-state index contributed by atoms with van der Waals surface area (Å²) in [6.45, 7) is 11.7. The lowest BCUT2D eigenvalue weighted by Crippen LogP contribution is -2.58. The van der Waals surface area contributed by atoms with Gasteiger partial charge in [0.2, 0.25) is 0 Å². The summed E-state index contributed by atoms with van der Waals surface area (Å²) in [5.41, 5.74) is 6.09. The Balaban J connectivity index is 1.30. The van der Waals surface area contributed by atoms with Crippen LogP contribution >= 0.6 is 0 Å². The van der Waals surface area contributed by atoms with E-state index in [1.54, 1.807) is 18.6 Å². The quantitative estimate of drug-likeness (QED) is 0.304. The fourth-order valence-corrected chi connectivity index (χ4v) is 7.86. The molecule has 2 saturated heterocycles. The van der Waals surface area contributed by atoms with Gasteiger partial charge in [0.25, 0.3) is 0 Å². The van der Waals surface area contributed by atoms with Gasteiger partial charge in [0.05, 0.1) is 56.6 Å². The second-order valence-corrected chi connectivity index (χ2v) is 17.7. The molecule has 2 fully saturated rings. The maximum atomic E-state index is 14.8. The molecule has 7 nitrogen and oxygen atoms in total. The molecule has 0 radical (unpaired) electrons. The number of benzene rings is 2. The van der Waals surface area contributed by atoms with Crippen LogP contribution in [0.2, 0.25) is 19.6 Å². The number of hydrogen-bond donors (Lipinski definition) is 0. The summed E-state index contributed by atoms with van der Waals surface area (Å²) in [7, 11) is -1.83. The minimum absolute atomic E-state index is 0.0596. The number of nitrogens with zero attached hydrogens (tertiary/aromatic N) is 5. The fraction of sp³-hybridized carbons (Fsp3) is 0.387. The van der Waals surface area contributed by atoms with Gasteiger partial charge in [0, 0.05) is 24.7 Å². The first kappa shape index (κ1) is 25.4. The number of ether oxygens (including phenoxy) is 1. The molecule has 0 aliphatic carbocycles. The first-order valence-corrected chi connectivity index (χ1v) is 17.5. The molecular formula is C31H34FN5O2Si. The van der Waals surface area contributed by atoms with Crippen molar-refractivity contribution < 1.29 is 13.7 Å². The molecule has 206 valence electrons. The van der Waals surface area contributed by atoms with Gasteiger partial charge in [-0.1, -0.05) is 43.0 Å². The minimum Gasteiger partial charge on any atom is -0.380 e. The number of aryl methyl sites for hydroxylation is 1. The predicted octanol–water partition coefficient (Wildman–Crippen LogP) is 5.66. The lowest BCUT2D eigenvalue weighted by molar-refractivity contribution is -0.126. The molecule has 2 aromatic carbocycles. The van der Waals surface area contributed by atoms with Crippen molar-refractivity contribution in [3.63, 3.8) is 0 Å². The van der Waals surface area contributed by atoms with E-state index in [4.69, 9.17) is 14.3 Å². The Morgan fingerprint density at radius 2 is 2.00 bits per heavy atom. The third-order valence-electron chi connectivity index (χ3n) is 8.52. The molecule has 7 rings (SSSR count). The van der Waals surface area contributed by atoms with Crippen molar-refractivity contribution in [1.82, 2.24) is 19.6 Å². The van der Waals surface area contributed by atoms with Crippen LogP contribution in [-0.4, -0.2) is 59.8 Å². The number of fused-ring (bicyclic) bond motifs is 2. The third-order valence-corrected chi connectivity index (χ3v) is 10.5. The summed E-state index contributed by atoms with van der Waals surface area (Å²) in [5.74, 6) is 0.967. The standard InChI is InChI=1S/C31H34FN5O2Si/c1-20-15-36(19-34-20)27-8-6-21(24-14-35-39-29(24)27)11-23-13-31(17-38-18-31)16-37-26(9-10-33-30(23)37)22-5-7-25(32)28(12-22)40(2,3)4/h5-8,11-12,14-15,19,26H,9-10,13,16-18H2,1-4H3/b23-11+. The largest absolute Gasteiger partial charge is 0.380 e. The summed E-state index contributed by atoms with van der Waals surface area (Å²) >= 11 is 0. The van der Waals surface area contributed by atoms with Crippen molar-refractivity contribution in [1.29, 1.82) is 0 Å². The zero-order valence-corrected chi connectivity index (χ0v) is 24.4. The molecule has 3 aliphatic heterocycles. The molecule has 1 unspecified atom stereocenters. The van der Waals surface area contributed by atoms with Gasteiger partial charge in [-0.2, -0.15) is 0 Å². The van der Waals surface area contributed by atoms with Crippen LogP contribution in [0.25, 0.3) is 22.7 Å². The van der Waals surface area contributed by atoms with Crippen LogP contribution < -0.4 is 5.19 Å². The van der Waals surface area contributed by atoms with Gasteiger partial charge in [-0.25, -0.2) is 9.37 Å². The number of amidine groups is 1. The highest BCUT2D eigenvalue weighted by molar-refractivity contribution is 6.88.